The predicted molar refractivity (Wildman–Crippen MR) is 73.8 cm³/mol. The van der Waals surface area contributed by atoms with Crippen molar-refractivity contribution >= 4 is 28.9 Å². The van der Waals surface area contributed by atoms with Gasteiger partial charge in [-0.3, -0.25) is 10.1 Å². The Labute approximate surface area is 123 Å². The Bertz CT molecular complexity index is 664. The molecule has 2 rings (SSSR count). The van der Waals surface area contributed by atoms with Crippen LogP contribution in [0.25, 0.3) is 0 Å². The van der Waals surface area contributed by atoms with Crippen LogP contribution in [0.4, 0.5) is 10.1 Å². The van der Waals surface area contributed by atoms with Gasteiger partial charge in [-0.25, -0.2) is 4.39 Å². The molecule has 2 aromatic rings. The zero-order chi connectivity index (χ0) is 14.7. The van der Waals surface area contributed by atoms with Crippen molar-refractivity contribution < 1.29 is 14.1 Å². The van der Waals surface area contributed by atoms with E-state index in [1.807, 2.05) is 0 Å². The number of hydrogen-bond acceptors (Lipinski definition) is 3. The SMILES string of the molecule is O=[N+]([O-])c1ccc(F)cc1COc1cc(Cl)ccc1Cl. The zero-order valence-electron chi connectivity index (χ0n) is 9.98. The van der Waals surface area contributed by atoms with Gasteiger partial charge in [0.05, 0.1) is 15.5 Å². The Kier molecular flexibility index (Phi) is 4.42. The second-order valence-electron chi connectivity index (χ2n) is 3.89. The summed E-state index contributed by atoms with van der Waals surface area (Å²) in [5.74, 6) is -0.302. The molecule has 0 heterocycles. The lowest BCUT2D eigenvalue weighted by Gasteiger charge is -2.09. The van der Waals surface area contributed by atoms with E-state index in [-0.39, 0.29) is 23.6 Å². The van der Waals surface area contributed by atoms with Gasteiger partial charge in [0, 0.05) is 17.2 Å². The number of rotatable bonds is 4. The van der Waals surface area contributed by atoms with Gasteiger partial charge in [-0.1, -0.05) is 23.2 Å². The molecule has 7 heteroatoms. The highest BCUT2D eigenvalue weighted by atomic mass is 35.5. The van der Waals surface area contributed by atoms with Gasteiger partial charge in [0.1, 0.15) is 18.2 Å². The van der Waals surface area contributed by atoms with Crippen LogP contribution in [-0.2, 0) is 6.61 Å². The lowest BCUT2D eigenvalue weighted by molar-refractivity contribution is -0.385. The van der Waals surface area contributed by atoms with Gasteiger partial charge in [0.25, 0.3) is 5.69 Å². The molecule has 104 valence electrons. The van der Waals surface area contributed by atoms with Crippen molar-refractivity contribution in [3.8, 4) is 5.75 Å². The average Bonchev–Trinajstić information content (AvgIpc) is 2.39. The lowest BCUT2D eigenvalue weighted by atomic mass is 10.2. The van der Waals surface area contributed by atoms with Crippen molar-refractivity contribution in [2.24, 2.45) is 0 Å². The first-order valence-corrected chi connectivity index (χ1v) is 6.23. The Hall–Kier alpha value is -1.85. The topological polar surface area (TPSA) is 52.4 Å². The molecule has 2 aromatic carbocycles. The first-order valence-electron chi connectivity index (χ1n) is 5.48. The fourth-order valence-electron chi connectivity index (χ4n) is 1.59. The first kappa shape index (κ1) is 14.6. The molecule has 0 unspecified atom stereocenters. The molecule has 0 saturated heterocycles. The zero-order valence-corrected chi connectivity index (χ0v) is 11.5. The number of nitro benzene ring substituents is 1. The standard InChI is InChI=1S/C13H8Cl2FNO3/c14-9-1-3-11(15)13(6-9)20-7-8-5-10(16)2-4-12(8)17(18)19/h1-6H,7H2. The van der Waals surface area contributed by atoms with Crippen molar-refractivity contribution in [3.05, 3.63) is 67.9 Å². The van der Waals surface area contributed by atoms with Gasteiger partial charge in [-0.2, -0.15) is 0 Å². The number of hydrogen-bond donors (Lipinski definition) is 0. The minimum Gasteiger partial charge on any atom is -0.487 e. The van der Waals surface area contributed by atoms with E-state index in [4.69, 9.17) is 27.9 Å². The van der Waals surface area contributed by atoms with E-state index in [0.717, 1.165) is 18.2 Å². The Morgan fingerprint density at radius 1 is 1.20 bits per heavy atom. The maximum atomic E-state index is 13.2. The van der Waals surface area contributed by atoms with Gasteiger partial charge >= 0.3 is 0 Å². The summed E-state index contributed by atoms with van der Waals surface area (Å²) in [6.07, 6.45) is 0. The van der Waals surface area contributed by atoms with Crippen LogP contribution in [-0.4, -0.2) is 4.92 Å². The van der Waals surface area contributed by atoms with Gasteiger partial charge < -0.3 is 4.74 Å². The highest BCUT2D eigenvalue weighted by molar-refractivity contribution is 6.34. The molecule has 0 fully saturated rings. The lowest BCUT2D eigenvalue weighted by Crippen LogP contribution is -2.01. The van der Waals surface area contributed by atoms with E-state index in [1.54, 1.807) is 12.1 Å². The second kappa shape index (κ2) is 6.07. The third-order valence-electron chi connectivity index (χ3n) is 2.51. The number of nitrogens with zero attached hydrogens (tertiary/aromatic N) is 1. The van der Waals surface area contributed by atoms with Crippen LogP contribution in [0.5, 0.6) is 5.75 Å². The highest BCUT2D eigenvalue weighted by Crippen LogP contribution is 2.29. The molecule has 0 N–H and O–H groups in total. The summed E-state index contributed by atoms with van der Waals surface area (Å²) in [5.41, 5.74) is -0.101. The van der Waals surface area contributed by atoms with Crippen LogP contribution < -0.4 is 4.74 Å². The van der Waals surface area contributed by atoms with Crippen molar-refractivity contribution in [2.75, 3.05) is 0 Å². The average molecular weight is 316 g/mol. The molecule has 20 heavy (non-hydrogen) atoms. The monoisotopic (exact) mass is 315 g/mol. The number of nitro groups is 1. The van der Waals surface area contributed by atoms with Crippen LogP contribution in [0.1, 0.15) is 5.56 Å². The molecule has 4 nitrogen and oxygen atoms in total. The van der Waals surface area contributed by atoms with Gasteiger partial charge in [-0.05, 0) is 24.3 Å². The molecule has 0 bridgehead atoms. The Morgan fingerprint density at radius 3 is 2.65 bits per heavy atom. The summed E-state index contributed by atoms with van der Waals surface area (Å²) in [7, 11) is 0. The number of benzene rings is 2. The molecule has 0 aromatic heterocycles. The maximum Gasteiger partial charge on any atom is 0.276 e. The van der Waals surface area contributed by atoms with E-state index < -0.39 is 10.7 Å². The third kappa shape index (κ3) is 3.37. The Balaban J connectivity index is 2.24. The van der Waals surface area contributed by atoms with E-state index in [9.17, 15) is 14.5 Å². The molecule has 0 aliphatic carbocycles. The van der Waals surface area contributed by atoms with Crippen molar-refractivity contribution in [1.29, 1.82) is 0 Å². The van der Waals surface area contributed by atoms with E-state index in [0.29, 0.717) is 10.0 Å². The van der Waals surface area contributed by atoms with Crippen LogP contribution in [0.15, 0.2) is 36.4 Å². The summed E-state index contributed by atoms with van der Waals surface area (Å²) in [6.45, 7) is -0.186. The molecule has 0 atom stereocenters. The van der Waals surface area contributed by atoms with Crippen molar-refractivity contribution in [1.82, 2.24) is 0 Å². The summed E-state index contributed by atoms with van der Waals surface area (Å²) in [6, 6.07) is 7.77. The molecule has 0 aliphatic heterocycles. The number of halogens is 3. The summed E-state index contributed by atoms with van der Waals surface area (Å²) >= 11 is 11.7. The van der Waals surface area contributed by atoms with Crippen LogP contribution in [0.3, 0.4) is 0 Å². The smallest absolute Gasteiger partial charge is 0.276 e. The third-order valence-corrected chi connectivity index (χ3v) is 3.06. The minimum atomic E-state index is -0.599. The normalized spacial score (nSPS) is 10.3. The second-order valence-corrected chi connectivity index (χ2v) is 4.74. The molecule has 0 radical (unpaired) electrons. The molecular weight excluding hydrogens is 308 g/mol. The van der Waals surface area contributed by atoms with E-state index in [1.165, 1.54) is 6.07 Å². The maximum absolute atomic E-state index is 13.2. The van der Waals surface area contributed by atoms with Crippen LogP contribution in [0, 0.1) is 15.9 Å². The van der Waals surface area contributed by atoms with E-state index in [2.05, 4.69) is 0 Å². The first-order chi connectivity index (χ1) is 9.47. The fourth-order valence-corrected chi connectivity index (χ4v) is 1.93. The molecule has 0 spiro atoms. The van der Waals surface area contributed by atoms with Crippen molar-refractivity contribution in [2.45, 2.75) is 6.61 Å². The highest BCUT2D eigenvalue weighted by Gasteiger charge is 2.15. The van der Waals surface area contributed by atoms with E-state index >= 15 is 0 Å². The Morgan fingerprint density at radius 2 is 1.95 bits per heavy atom. The largest absolute Gasteiger partial charge is 0.487 e. The predicted octanol–water partition coefficient (Wildman–Crippen LogP) is 4.62. The molecular formula is C13H8Cl2FNO3. The van der Waals surface area contributed by atoms with Crippen LogP contribution >= 0.6 is 23.2 Å². The quantitative estimate of drug-likeness (QED) is 0.611. The number of ether oxygens (including phenoxy) is 1. The van der Waals surface area contributed by atoms with Gasteiger partial charge in [0.15, 0.2) is 0 Å². The van der Waals surface area contributed by atoms with Crippen LogP contribution in [0.2, 0.25) is 10.0 Å². The molecule has 0 aliphatic rings. The van der Waals surface area contributed by atoms with Gasteiger partial charge in [-0.15, -0.1) is 0 Å². The molecule has 0 amide bonds. The molecule has 0 saturated carbocycles. The summed E-state index contributed by atoms with van der Waals surface area (Å²) < 4.78 is 18.5. The minimum absolute atomic E-state index is 0.117. The fraction of sp³-hybridized carbons (Fsp3) is 0.0769. The summed E-state index contributed by atoms with van der Waals surface area (Å²) in [5, 5.41) is 11.6. The summed E-state index contributed by atoms with van der Waals surface area (Å²) in [4.78, 5) is 10.2. The van der Waals surface area contributed by atoms with Crippen molar-refractivity contribution in [3.63, 3.8) is 0 Å². The van der Waals surface area contributed by atoms with Gasteiger partial charge in [0.2, 0.25) is 0 Å².